The first-order valence-electron chi connectivity index (χ1n) is 7.95. The third kappa shape index (κ3) is 6.06. The number of ether oxygens (including phenoxy) is 1. The van der Waals surface area contributed by atoms with E-state index in [4.69, 9.17) is 4.74 Å². The first-order valence-corrected chi connectivity index (χ1v) is 7.95. The Kier molecular flexibility index (Phi) is 5.62. The van der Waals surface area contributed by atoms with Gasteiger partial charge in [0.25, 0.3) is 0 Å². The summed E-state index contributed by atoms with van der Waals surface area (Å²) >= 11 is 0. The molecule has 0 heterocycles. The van der Waals surface area contributed by atoms with Gasteiger partial charge in [-0.1, -0.05) is 0 Å². The molecule has 134 valence electrons. The minimum Gasteiger partial charge on any atom is -0.444 e. The third-order valence-corrected chi connectivity index (χ3v) is 3.30. The van der Waals surface area contributed by atoms with Crippen LogP contribution in [-0.2, 0) is 4.74 Å². The largest absolute Gasteiger partial charge is 0.444 e. The van der Waals surface area contributed by atoms with E-state index in [2.05, 4.69) is 10.6 Å². The molecular formula is C19H22F2N2O2. The van der Waals surface area contributed by atoms with Gasteiger partial charge in [-0.2, -0.15) is 0 Å². The Morgan fingerprint density at radius 2 is 1.52 bits per heavy atom. The average Bonchev–Trinajstić information content (AvgIpc) is 2.46. The minimum absolute atomic E-state index is 0.283. The standard InChI is InChI=1S/C19H22F2N2O2/c1-12(13-9-14(20)11-15(21)10-13)22-16-5-7-17(8-6-16)23-18(24)25-19(2,3)4/h5-12,22H,1-4H3,(H,23,24). The molecule has 0 radical (unpaired) electrons. The Labute approximate surface area is 146 Å². The van der Waals surface area contributed by atoms with Crippen LogP contribution in [0.15, 0.2) is 42.5 Å². The van der Waals surface area contributed by atoms with Crippen molar-refractivity contribution >= 4 is 17.5 Å². The van der Waals surface area contributed by atoms with Crippen LogP contribution in [0.2, 0.25) is 0 Å². The summed E-state index contributed by atoms with van der Waals surface area (Å²) in [4.78, 5) is 11.7. The molecule has 0 bridgehead atoms. The van der Waals surface area contributed by atoms with Crippen LogP contribution in [0.5, 0.6) is 0 Å². The maximum Gasteiger partial charge on any atom is 0.412 e. The van der Waals surface area contributed by atoms with Crippen molar-refractivity contribution in [1.29, 1.82) is 0 Å². The second kappa shape index (κ2) is 7.51. The third-order valence-electron chi connectivity index (χ3n) is 3.30. The predicted molar refractivity (Wildman–Crippen MR) is 94.7 cm³/mol. The lowest BCUT2D eigenvalue weighted by Gasteiger charge is -2.20. The summed E-state index contributed by atoms with van der Waals surface area (Å²) in [6.07, 6.45) is -0.531. The summed E-state index contributed by atoms with van der Waals surface area (Å²) in [6, 6.07) is 10.1. The fraction of sp³-hybridized carbons (Fsp3) is 0.316. The number of nitrogens with one attached hydrogen (secondary N) is 2. The lowest BCUT2D eigenvalue weighted by atomic mass is 10.1. The number of benzene rings is 2. The molecule has 2 N–H and O–H groups in total. The van der Waals surface area contributed by atoms with Gasteiger partial charge in [0.2, 0.25) is 0 Å². The van der Waals surface area contributed by atoms with Crippen LogP contribution in [0.1, 0.15) is 39.3 Å². The summed E-state index contributed by atoms with van der Waals surface area (Å²) in [5.74, 6) is -1.22. The zero-order valence-electron chi connectivity index (χ0n) is 14.7. The molecule has 0 aliphatic heterocycles. The lowest BCUT2D eigenvalue weighted by molar-refractivity contribution is 0.0636. The second-order valence-electron chi connectivity index (χ2n) is 6.77. The van der Waals surface area contributed by atoms with Gasteiger partial charge in [0, 0.05) is 23.5 Å². The van der Waals surface area contributed by atoms with Crippen molar-refractivity contribution in [3.8, 4) is 0 Å². The Hall–Kier alpha value is -2.63. The molecular weight excluding hydrogens is 326 g/mol. The monoisotopic (exact) mass is 348 g/mol. The molecule has 0 fully saturated rings. The average molecular weight is 348 g/mol. The molecule has 2 rings (SSSR count). The number of carbonyl (C=O) groups is 1. The first kappa shape index (κ1) is 18.7. The maximum atomic E-state index is 13.3. The molecule has 0 saturated heterocycles. The highest BCUT2D eigenvalue weighted by atomic mass is 19.1. The minimum atomic E-state index is -0.611. The number of amides is 1. The Balaban J connectivity index is 1.99. The first-order chi connectivity index (χ1) is 11.6. The highest BCUT2D eigenvalue weighted by Crippen LogP contribution is 2.22. The number of hydrogen-bond donors (Lipinski definition) is 2. The second-order valence-corrected chi connectivity index (χ2v) is 6.77. The number of hydrogen-bond acceptors (Lipinski definition) is 3. The Bertz CT molecular complexity index is 720. The van der Waals surface area contributed by atoms with Crippen LogP contribution in [-0.4, -0.2) is 11.7 Å². The van der Waals surface area contributed by atoms with Crippen molar-refractivity contribution in [2.45, 2.75) is 39.3 Å². The van der Waals surface area contributed by atoms with Crippen LogP contribution >= 0.6 is 0 Å². The van der Waals surface area contributed by atoms with Gasteiger partial charge in [0.05, 0.1) is 0 Å². The molecule has 0 aromatic heterocycles. The van der Waals surface area contributed by atoms with Crippen LogP contribution < -0.4 is 10.6 Å². The van der Waals surface area contributed by atoms with Gasteiger partial charge in [0.15, 0.2) is 0 Å². The van der Waals surface area contributed by atoms with Crippen molar-refractivity contribution < 1.29 is 18.3 Å². The van der Waals surface area contributed by atoms with E-state index in [-0.39, 0.29) is 6.04 Å². The van der Waals surface area contributed by atoms with Gasteiger partial charge in [-0.25, -0.2) is 13.6 Å². The molecule has 1 atom stereocenters. The fourth-order valence-corrected chi connectivity index (χ4v) is 2.23. The molecule has 25 heavy (non-hydrogen) atoms. The van der Waals surface area contributed by atoms with Gasteiger partial charge in [-0.3, -0.25) is 5.32 Å². The molecule has 1 unspecified atom stereocenters. The zero-order chi connectivity index (χ0) is 18.6. The highest BCUT2D eigenvalue weighted by Gasteiger charge is 2.16. The van der Waals surface area contributed by atoms with Crippen molar-refractivity contribution in [2.24, 2.45) is 0 Å². The molecule has 1 amide bonds. The van der Waals surface area contributed by atoms with E-state index in [0.717, 1.165) is 11.8 Å². The van der Waals surface area contributed by atoms with Gasteiger partial charge >= 0.3 is 6.09 Å². The topological polar surface area (TPSA) is 50.4 Å². The van der Waals surface area contributed by atoms with E-state index in [9.17, 15) is 13.6 Å². The maximum absolute atomic E-state index is 13.3. The molecule has 6 heteroatoms. The summed E-state index contributed by atoms with van der Waals surface area (Å²) in [5, 5.41) is 5.79. The quantitative estimate of drug-likeness (QED) is 0.769. The number of anilines is 2. The van der Waals surface area contributed by atoms with E-state index in [1.165, 1.54) is 12.1 Å². The molecule has 0 saturated carbocycles. The van der Waals surface area contributed by atoms with Crippen molar-refractivity contribution in [2.75, 3.05) is 10.6 Å². The van der Waals surface area contributed by atoms with E-state index in [0.29, 0.717) is 11.3 Å². The smallest absolute Gasteiger partial charge is 0.412 e. The summed E-state index contributed by atoms with van der Waals surface area (Å²) in [6.45, 7) is 7.17. The molecule has 4 nitrogen and oxygen atoms in total. The Morgan fingerprint density at radius 1 is 1.00 bits per heavy atom. The van der Waals surface area contributed by atoms with E-state index in [1.807, 2.05) is 0 Å². The summed E-state index contributed by atoms with van der Waals surface area (Å²) in [7, 11) is 0. The lowest BCUT2D eigenvalue weighted by Crippen LogP contribution is -2.27. The number of carbonyl (C=O) groups excluding carboxylic acids is 1. The molecule has 0 aliphatic rings. The van der Waals surface area contributed by atoms with Crippen molar-refractivity contribution in [3.63, 3.8) is 0 Å². The molecule has 0 spiro atoms. The summed E-state index contributed by atoms with van der Waals surface area (Å²) in [5.41, 5.74) is 1.28. The molecule has 0 aliphatic carbocycles. The van der Waals surface area contributed by atoms with E-state index < -0.39 is 23.3 Å². The normalized spacial score (nSPS) is 12.4. The van der Waals surface area contributed by atoms with Crippen LogP contribution in [0.25, 0.3) is 0 Å². The van der Waals surface area contributed by atoms with Crippen molar-refractivity contribution in [3.05, 3.63) is 59.7 Å². The van der Waals surface area contributed by atoms with Gasteiger partial charge in [-0.15, -0.1) is 0 Å². The summed E-state index contributed by atoms with van der Waals surface area (Å²) < 4.78 is 31.8. The van der Waals surface area contributed by atoms with Gasteiger partial charge in [-0.05, 0) is 69.7 Å². The highest BCUT2D eigenvalue weighted by molar-refractivity contribution is 5.85. The van der Waals surface area contributed by atoms with Crippen LogP contribution in [0.3, 0.4) is 0 Å². The van der Waals surface area contributed by atoms with Gasteiger partial charge < -0.3 is 10.1 Å². The van der Waals surface area contributed by atoms with Crippen molar-refractivity contribution in [1.82, 2.24) is 0 Å². The predicted octanol–water partition coefficient (Wildman–Crippen LogP) is 5.48. The van der Waals surface area contributed by atoms with Crippen LogP contribution in [0.4, 0.5) is 25.0 Å². The molecule has 2 aromatic carbocycles. The molecule has 2 aromatic rings. The number of halogens is 2. The number of rotatable bonds is 4. The van der Waals surface area contributed by atoms with E-state index >= 15 is 0 Å². The zero-order valence-corrected chi connectivity index (χ0v) is 14.7. The fourth-order valence-electron chi connectivity index (χ4n) is 2.23. The van der Waals surface area contributed by atoms with Gasteiger partial charge in [0.1, 0.15) is 17.2 Å². The Morgan fingerprint density at radius 3 is 2.04 bits per heavy atom. The SMILES string of the molecule is CC(Nc1ccc(NC(=O)OC(C)(C)C)cc1)c1cc(F)cc(F)c1. The van der Waals surface area contributed by atoms with E-state index in [1.54, 1.807) is 52.0 Å². The van der Waals surface area contributed by atoms with Crippen LogP contribution in [0, 0.1) is 11.6 Å².